The maximum absolute atomic E-state index is 11.7. The van der Waals surface area contributed by atoms with Gasteiger partial charge in [-0.3, -0.25) is 4.79 Å². The van der Waals surface area contributed by atoms with E-state index in [0.29, 0.717) is 0 Å². The summed E-state index contributed by atoms with van der Waals surface area (Å²) in [5.41, 5.74) is 6.14. The molecule has 1 N–H and O–H groups in total. The van der Waals surface area contributed by atoms with Gasteiger partial charge < -0.3 is 5.11 Å². The number of aliphatic hydroxyl groups is 1. The first-order chi connectivity index (χ1) is 23.1. The number of aryl methyl sites for hydroxylation is 1. The van der Waals surface area contributed by atoms with E-state index in [4.69, 9.17) is 4.98 Å². The number of carbonyl (C=O) groups is 1. The van der Waals surface area contributed by atoms with E-state index < -0.39 is 13.3 Å². The minimum atomic E-state index is -1.82. The molecule has 0 aliphatic rings. The average molecular weight is 928 g/mol. The molecule has 0 bridgehead atoms. The molecule has 50 heavy (non-hydrogen) atoms. The molecule has 0 unspecified atom stereocenters. The van der Waals surface area contributed by atoms with Crippen LogP contribution in [-0.2, 0) is 30.3 Å². The first-order valence-corrected chi connectivity index (χ1v) is 26.2. The average Bonchev–Trinajstić information content (AvgIpc) is 3.41. The van der Waals surface area contributed by atoms with Crippen LogP contribution in [0.1, 0.15) is 85.3 Å². The van der Waals surface area contributed by atoms with Gasteiger partial charge >= 0.3 is 172 Å². The van der Waals surface area contributed by atoms with Crippen LogP contribution in [0.2, 0.25) is 17.3 Å². The number of aliphatic hydroxyl groups excluding tert-OH is 1. The summed E-state index contributed by atoms with van der Waals surface area (Å²) in [6.45, 7) is 17.2. The predicted molar refractivity (Wildman–Crippen MR) is 217 cm³/mol. The number of allylic oxidation sites excluding steroid dienone is 2. The summed E-state index contributed by atoms with van der Waals surface area (Å²) in [7, 11) is 0. The van der Waals surface area contributed by atoms with E-state index in [-0.39, 0.29) is 48.9 Å². The van der Waals surface area contributed by atoms with Gasteiger partial charge in [-0.2, -0.15) is 0 Å². The number of hydrogen-bond donors (Lipinski definition) is 1. The molecule has 5 rings (SSSR count). The van der Waals surface area contributed by atoms with Gasteiger partial charge in [0.1, 0.15) is 0 Å². The van der Waals surface area contributed by atoms with E-state index in [1.807, 2.05) is 45.2 Å². The first-order valence-electron chi connectivity index (χ1n) is 18.0. The summed E-state index contributed by atoms with van der Waals surface area (Å²) in [5.74, 6) is 7.89. The monoisotopic (exact) mass is 929 g/mol. The Morgan fingerprint density at radius 3 is 2.06 bits per heavy atom. The van der Waals surface area contributed by atoms with Gasteiger partial charge in [0.25, 0.3) is 0 Å². The Morgan fingerprint density at radius 2 is 1.50 bits per heavy atom. The third-order valence-corrected chi connectivity index (χ3v) is 15.5. The van der Waals surface area contributed by atoms with Crippen molar-refractivity contribution in [1.29, 1.82) is 0 Å². The van der Waals surface area contributed by atoms with Gasteiger partial charge in [-0.15, -0.1) is 0 Å². The molecule has 3 aromatic carbocycles. The van der Waals surface area contributed by atoms with E-state index >= 15 is 0 Å². The second kappa shape index (κ2) is 17.8. The summed E-state index contributed by atoms with van der Waals surface area (Å²) >= 11 is 0.0410. The zero-order valence-corrected chi connectivity index (χ0v) is 37.3. The van der Waals surface area contributed by atoms with Gasteiger partial charge in [0.2, 0.25) is 0 Å². The van der Waals surface area contributed by atoms with E-state index in [9.17, 15) is 9.90 Å². The molecular formula is C44H56GeIrNO2S-. The molecule has 5 aromatic rings. The molecule has 0 spiro atoms. The summed E-state index contributed by atoms with van der Waals surface area (Å²) in [6, 6.07) is 26.1. The molecule has 0 amide bonds. The molecule has 2 aromatic heterocycles. The number of nitrogens with zero attached hydrogens (tertiary/aromatic N) is 1. The van der Waals surface area contributed by atoms with Crippen molar-refractivity contribution in [2.45, 2.75) is 104 Å². The normalized spacial score (nSPS) is 12.3. The Balaban J connectivity index is 0.000000361. The van der Waals surface area contributed by atoms with Crippen molar-refractivity contribution in [3.63, 3.8) is 0 Å². The molecule has 0 aliphatic heterocycles. The Hall–Kier alpha value is -2.57. The van der Waals surface area contributed by atoms with Crippen molar-refractivity contribution in [3.8, 4) is 21.7 Å². The molecule has 2 heterocycles. The molecule has 0 atom stereocenters. The van der Waals surface area contributed by atoms with Crippen LogP contribution in [0, 0.1) is 24.8 Å². The number of hydrogen-bond acceptors (Lipinski definition) is 4. The predicted octanol–water partition coefficient (Wildman–Crippen LogP) is 12.6. The van der Waals surface area contributed by atoms with Gasteiger partial charge in [-0.25, -0.2) is 0 Å². The van der Waals surface area contributed by atoms with Gasteiger partial charge in [0.05, 0.1) is 5.76 Å². The molecule has 6 heteroatoms. The van der Waals surface area contributed by atoms with Crippen LogP contribution < -0.4 is 4.40 Å². The van der Waals surface area contributed by atoms with Crippen LogP contribution in [0.25, 0.3) is 42.6 Å². The number of benzene rings is 3. The fraction of sp³-hybridized carbons (Fsp3) is 0.409. The number of thiophene rings is 1. The van der Waals surface area contributed by atoms with Crippen molar-refractivity contribution in [1.82, 2.24) is 4.98 Å². The zero-order valence-electron chi connectivity index (χ0n) is 32.0. The second-order valence-electron chi connectivity index (χ2n) is 15.3. The quantitative estimate of drug-likeness (QED) is 0.0657. The van der Waals surface area contributed by atoms with Crippen LogP contribution in [-0.4, -0.2) is 29.1 Å². The Kier molecular flexibility index (Phi) is 14.9. The maximum atomic E-state index is 11.7. The smallest absolute Gasteiger partial charge is 0 e. The minimum absolute atomic E-state index is 0. The SMILES string of the molecule is CCC(CC)C(=O)/C=C(\O)C(CC)CC.Cc1c(-c2cc[c]([Ge]([CH3])([CH3])[CH3])cc2)sc2c(-c3[c-]c4ccccc4c(C(C)(C)C)c3)nccc12.[Ir]. The van der Waals surface area contributed by atoms with Gasteiger partial charge in [-0.05, 0) is 25.7 Å². The first kappa shape index (κ1) is 41.8. The van der Waals surface area contributed by atoms with Crippen molar-refractivity contribution in [2.75, 3.05) is 0 Å². The fourth-order valence-electron chi connectivity index (χ4n) is 6.49. The standard InChI is InChI=1S/C31H32GeNS.C13H24O2.Ir/c1-20-25-16-17-33-28(23-18-22-10-8-9-11-26(22)27(19-23)31(2,3)4)30(25)34-29(20)21-12-14-24(15-13-21)32(5,6)7;1-5-10(6-2)12(14)9-13(15)11(7-3)8-4;/h8-17,19H,1-7H3;9-11,14H,5-8H2,1-4H3;/q-1;;/b;12-9-;. The summed E-state index contributed by atoms with van der Waals surface area (Å²) < 4.78 is 2.80. The second-order valence-corrected chi connectivity index (χ2v) is 27.0. The van der Waals surface area contributed by atoms with Crippen LogP contribution in [0.15, 0.2) is 78.7 Å². The Labute approximate surface area is 321 Å². The third kappa shape index (κ3) is 9.65. The topological polar surface area (TPSA) is 50.2 Å². The number of aromatic nitrogens is 1. The molecule has 0 aliphatic carbocycles. The minimum Gasteiger partial charge on any atom is 0 e. The van der Waals surface area contributed by atoms with Gasteiger partial charge in [0.15, 0.2) is 5.78 Å². The van der Waals surface area contributed by atoms with E-state index in [2.05, 4.69) is 112 Å². The maximum Gasteiger partial charge on any atom is 0 e. The van der Waals surface area contributed by atoms with Crippen LogP contribution >= 0.6 is 11.3 Å². The number of rotatable bonds is 10. The number of pyridine rings is 1. The number of fused-ring (bicyclic) bond motifs is 2. The molecule has 0 saturated heterocycles. The molecule has 0 fully saturated rings. The summed E-state index contributed by atoms with van der Waals surface area (Å²) in [4.78, 5) is 17.9. The fourth-order valence-corrected chi connectivity index (χ4v) is 10.3. The molecule has 1 radical (unpaired) electrons. The zero-order chi connectivity index (χ0) is 36.1. The van der Waals surface area contributed by atoms with Crippen LogP contribution in [0.4, 0.5) is 0 Å². The van der Waals surface area contributed by atoms with E-state index in [1.54, 1.807) is 4.40 Å². The van der Waals surface area contributed by atoms with Crippen molar-refractivity contribution in [2.24, 2.45) is 11.8 Å². The summed E-state index contributed by atoms with van der Waals surface area (Å²) in [5, 5.41) is 13.5. The van der Waals surface area contributed by atoms with Crippen LogP contribution in [0.5, 0.6) is 0 Å². The molecule has 3 nitrogen and oxygen atoms in total. The van der Waals surface area contributed by atoms with Gasteiger partial charge in [-0.1, -0.05) is 66.7 Å². The Morgan fingerprint density at radius 1 is 0.900 bits per heavy atom. The van der Waals surface area contributed by atoms with E-state index in [1.165, 1.54) is 43.1 Å². The van der Waals surface area contributed by atoms with E-state index in [0.717, 1.165) is 42.3 Å². The van der Waals surface area contributed by atoms with Crippen LogP contribution in [0.3, 0.4) is 0 Å². The van der Waals surface area contributed by atoms with Crippen molar-refractivity contribution < 1.29 is 30.0 Å². The summed E-state index contributed by atoms with van der Waals surface area (Å²) in [6.07, 6.45) is 6.86. The molecule has 0 saturated carbocycles. The largest absolute Gasteiger partial charge is 0 e. The van der Waals surface area contributed by atoms with Gasteiger partial charge in [0, 0.05) is 38.0 Å². The number of ketones is 1. The molecule has 269 valence electrons. The number of carbonyl (C=O) groups excluding carboxylic acids is 1. The Bertz CT molecular complexity index is 1920. The third-order valence-electron chi connectivity index (χ3n) is 9.79. The van der Waals surface area contributed by atoms with Crippen molar-refractivity contribution >= 4 is 55.6 Å². The molecular weight excluding hydrogens is 871 g/mol. The van der Waals surface area contributed by atoms with Crippen molar-refractivity contribution in [3.05, 3.63) is 95.9 Å².